The minimum absolute atomic E-state index is 0.283. The first kappa shape index (κ1) is 18.1. The summed E-state index contributed by atoms with van der Waals surface area (Å²) in [5.41, 5.74) is 7.10. The van der Waals surface area contributed by atoms with E-state index in [1.807, 2.05) is 29.6 Å². The molecule has 0 bridgehead atoms. The minimum Gasteiger partial charge on any atom is -0.477 e. The second kappa shape index (κ2) is 7.53. The number of aromatic nitrogens is 2. The van der Waals surface area contributed by atoms with E-state index in [0.717, 1.165) is 15.9 Å². The number of urea groups is 1. The van der Waals surface area contributed by atoms with E-state index in [4.69, 9.17) is 0 Å². The molecule has 0 atom stereocenters. The number of hydrogen-bond donors (Lipinski definition) is 2. The molecule has 130 valence electrons. The van der Waals surface area contributed by atoms with Gasteiger partial charge < -0.3 is 15.4 Å². The number of nitrogens with zero attached hydrogens (tertiary/aromatic N) is 4. The van der Waals surface area contributed by atoms with Crippen molar-refractivity contribution in [3.63, 3.8) is 0 Å². The maximum Gasteiger partial charge on any atom is 0.353 e. The van der Waals surface area contributed by atoms with Crippen LogP contribution >= 0.6 is 11.3 Å². The van der Waals surface area contributed by atoms with Crippen LogP contribution in [0.1, 0.15) is 10.5 Å². The lowest BCUT2D eigenvalue weighted by atomic mass is 10.1. The van der Waals surface area contributed by atoms with Crippen LogP contribution in [-0.2, 0) is 7.05 Å². The van der Waals surface area contributed by atoms with Gasteiger partial charge in [-0.1, -0.05) is 6.07 Å². The second-order valence-corrected chi connectivity index (χ2v) is 5.83. The van der Waals surface area contributed by atoms with Gasteiger partial charge in [-0.05, 0) is 23.6 Å². The largest absolute Gasteiger partial charge is 0.477 e. The number of primary amides is 1. The molecule has 0 aliphatic heterocycles. The number of rotatable bonds is 3. The Labute approximate surface area is 146 Å². The van der Waals surface area contributed by atoms with Crippen LogP contribution < -0.4 is 5.73 Å². The summed E-state index contributed by atoms with van der Waals surface area (Å²) >= 11 is 1.52. The molecule has 0 aliphatic rings. The Morgan fingerprint density at radius 3 is 2.56 bits per heavy atom. The number of carbonyl (C=O) groups is 2. The SMILES string of the molecule is CN(N=O)C(N)=O.Cn1c(C(=O)O)c(-c2cccs2)c2ncccc21. The van der Waals surface area contributed by atoms with Gasteiger partial charge in [0.1, 0.15) is 5.69 Å². The molecule has 0 saturated heterocycles. The average molecular weight is 361 g/mol. The summed E-state index contributed by atoms with van der Waals surface area (Å²) in [6.07, 6.45) is 1.69. The summed E-state index contributed by atoms with van der Waals surface area (Å²) in [7, 11) is 2.93. The van der Waals surface area contributed by atoms with Crippen molar-refractivity contribution in [2.75, 3.05) is 7.05 Å². The molecule has 0 fully saturated rings. The van der Waals surface area contributed by atoms with Crippen molar-refractivity contribution in [2.45, 2.75) is 0 Å². The first-order valence-electron chi connectivity index (χ1n) is 6.95. The molecule has 25 heavy (non-hydrogen) atoms. The van der Waals surface area contributed by atoms with Gasteiger partial charge in [0.2, 0.25) is 0 Å². The van der Waals surface area contributed by atoms with Crippen molar-refractivity contribution < 1.29 is 14.7 Å². The van der Waals surface area contributed by atoms with Crippen molar-refractivity contribution >= 4 is 34.4 Å². The van der Waals surface area contributed by atoms with E-state index in [1.165, 1.54) is 18.4 Å². The minimum atomic E-state index is -0.932. The predicted octanol–water partition coefficient (Wildman–Crippen LogP) is 2.68. The molecule has 9 nitrogen and oxygen atoms in total. The molecular formula is C15H15N5O4S. The number of pyridine rings is 1. The van der Waals surface area contributed by atoms with Gasteiger partial charge in [-0.15, -0.1) is 16.2 Å². The molecule has 0 aromatic carbocycles. The van der Waals surface area contributed by atoms with Crippen LogP contribution in [0.2, 0.25) is 0 Å². The number of thiophene rings is 1. The zero-order valence-electron chi connectivity index (χ0n) is 13.4. The standard InChI is InChI=1S/C13H10N2O2S.C2H5N3O2/c1-15-8-4-2-6-14-11(8)10(12(15)13(16)17)9-5-3-7-18-9;1-5(4-7)2(3)6/h2-7H,1H3,(H,16,17);1H3,(H2,3,6). The molecule has 2 amide bonds. The van der Waals surface area contributed by atoms with Crippen molar-refractivity contribution in [3.8, 4) is 10.4 Å². The van der Waals surface area contributed by atoms with Crippen LogP contribution in [0.15, 0.2) is 41.1 Å². The van der Waals surface area contributed by atoms with Crippen LogP contribution in [0.25, 0.3) is 21.5 Å². The Morgan fingerprint density at radius 1 is 1.36 bits per heavy atom. The number of nitrogens with two attached hydrogens (primary N) is 1. The van der Waals surface area contributed by atoms with Gasteiger partial charge in [0.05, 0.1) is 21.9 Å². The summed E-state index contributed by atoms with van der Waals surface area (Å²) in [4.78, 5) is 35.8. The van der Waals surface area contributed by atoms with E-state index in [2.05, 4.69) is 16.0 Å². The third-order valence-corrected chi connectivity index (χ3v) is 4.26. The van der Waals surface area contributed by atoms with Crippen molar-refractivity contribution in [1.82, 2.24) is 14.6 Å². The lowest BCUT2D eigenvalue weighted by molar-refractivity contribution is 0.0688. The molecule has 0 radical (unpaired) electrons. The van der Waals surface area contributed by atoms with Gasteiger partial charge in [-0.3, -0.25) is 4.98 Å². The van der Waals surface area contributed by atoms with Crippen LogP contribution in [-0.4, -0.2) is 38.7 Å². The predicted molar refractivity (Wildman–Crippen MR) is 94.1 cm³/mol. The third kappa shape index (κ3) is 3.63. The number of carboxylic acid groups (broad SMARTS) is 1. The fraction of sp³-hybridized carbons (Fsp3) is 0.133. The Kier molecular flexibility index (Phi) is 5.45. The lowest BCUT2D eigenvalue weighted by Gasteiger charge is -2.00. The smallest absolute Gasteiger partial charge is 0.353 e. The number of nitroso groups, excluding NO2 is 1. The molecule has 0 saturated carbocycles. The molecule has 3 heterocycles. The molecule has 3 rings (SSSR count). The highest BCUT2D eigenvalue weighted by Crippen LogP contribution is 2.35. The fourth-order valence-corrected chi connectivity index (χ4v) is 2.98. The second-order valence-electron chi connectivity index (χ2n) is 4.88. The number of aryl methyl sites for hydroxylation is 1. The van der Waals surface area contributed by atoms with E-state index in [-0.39, 0.29) is 5.69 Å². The van der Waals surface area contributed by atoms with Gasteiger partial charge in [-0.2, -0.15) is 5.01 Å². The number of amides is 2. The quantitative estimate of drug-likeness (QED) is 0.547. The summed E-state index contributed by atoms with van der Waals surface area (Å²) < 4.78 is 1.68. The fourth-order valence-electron chi connectivity index (χ4n) is 2.21. The topological polar surface area (TPSA) is 131 Å². The maximum absolute atomic E-state index is 11.5. The van der Waals surface area contributed by atoms with E-state index < -0.39 is 12.0 Å². The van der Waals surface area contributed by atoms with Crippen molar-refractivity contribution in [2.24, 2.45) is 18.1 Å². The summed E-state index contributed by atoms with van der Waals surface area (Å²) in [6, 6.07) is 6.67. The third-order valence-electron chi connectivity index (χ3n) is 3.37. The van der Waals surface area contributed by atoms with Crippen LogP contribution in [0.4, 0.5) is 4.79 Å². The van der Waals surface area contributed by atoms with Gasteiger partial charge in [-0.25, -0.2) is 9.59 Å². The number of carboxylic acids is 1. The molecule has 3 aromatic rings. The van der Waals surface area contributed by atoms with Gasteiger partial charge in [0, 0.05) is 25.2 Å². The van der Waals surface area contributed by atoms with E-state index in [0.29, 0.717) is 10.6 Å². The van der Waals surface area contributed by atoms with E-state index in [9.17, 15) is 19.6 Å². The number of fused-ring (bicyclic) bond motifs is 1. The number of aromatic carboxylic acids is 1. The summed E-state index contributed by atoms with van der Waals surface area (Å²) in [6.45, 7) is 0. The first-order valence-corrected chi connectivity index (χ1v) is 7.83. The maximum atomic E-state index is 11.5. The highest BCUT2D eigenvalue weighted by molar-refractivity contribution is 7.13. The molecule has 10 heteroatoms. The monoisotopic (exact) mass is 361 g/mol. The molecule has 3 N–H and O–H groups in total. The van der Waals surface area contributed by atoms with Gasteiger partial charge in [0.25, 0.3) is 0 Å². The van der Waals surface area contributed by atoms with E-state index in [1.54, 1.807) is 17.8 Å². The van der Waals surface area contributed by atoms with Gasteiger partial charge >= 0.3 is 12.0 Å². The zero-order chi connectivity index (χ0) is 18.6. The molecular weight excluding hydrogens is 346 g/mol. The summed E-state index contributed by atoms with van der Waals surface area (Å²) in [5, 5.41) is 14.0. The van der Waals surface area contributed by atoms with E-state index >= 15 is 0 Å². The van der Waals surface area contributed by atoms with Crippen molar-refractivity contribution in [1.29, 1.82) is 0 Å². The van der Waals surface area contributed by atoms with Crippen LogP contribution in [0.5, 0.6) is 0 Å². The molecule has 0 unspecified atom stereocenters. The van der Waals surface area contributed by atoms with Crippen LogP contribution in [0, 0.1) is 4.91 Å². The van der Waals surface area contributed by atoms with Crippen LogP contribution in [0.3, 0.4) is 0 Å². The highest BCUT2D eigenvalue weighted by Gasteiger charge is 2.22. The Morgan fingerprint density at radius 2 is 2.08 bits per heavy atom. The highest BCUT2D eigenvalue weighted by atomic mass is 32.1. The first-order chi connectivity index (χ1) is 11.9. The molecule has 0 spiro atoms. The Balaban J connectivity index is 0.000000277. The normalized spacial score (nSPS) is 10.0. The molecule has 0 aliphatic carbocycles. The van der Waals surface area contributed by atoms with Gasteiger partial charge in [0.15, 0.2) is 0 Å². The molecule has 3 aromatic heterocycles. The number of carbonyl (C=O) groups excluding carboxylic acids is 1. The Bertz CT molecular complexity index is 920. The zero-order valence-corrected chi connectivity index (χ0v) is 14.2. The number of hydrogen-bond acceptors (Lipinski definition) is 6. The summed E-state index contributed by atoms with van der Waals surface area (Å²) in [5.74, 6) is -0.932. The lowest BCUT2D eigenvalue weighted by Crippen LogP contribution is -2.26. The Hall–Kier alpha value is -3.27. The van der Waals surface area contributed by atoms with Crippen molar-refractivity contribution in [3.05, 3.63) is 46.4 Å². The average Bonchev–Trinajstić information content (AvgIpc) is 3.21.